The van der Waals surface area contributed by atoms with Gasteiger partial charge in [0, 0.05) is 24.4 Å². The summed E-state index contributed by atoms with van der Waals surface area (Å²) in [5.41, 5.74) is 1.88. The Labute approximate surface area is 136 Å². The van der Waals surface area contributed by atoms with Crippen molar-refractivity contribution in [2.45, 2.75) is 45.4 Å². The fraction of sp³-hybridized carbons (Fsp3) is 0.647. The van der Waals surface area contributed by atoms with Crippen molar-refractivity contribution >= 4 is 22.2 Å². The molecule has 1 aromatic rings. The van der Waals surface area contributed by atoms with E-state index in [2.05, 4.69) is 23.2 Å². The molecule has 22 heavy (non-hydrogen) atoms. The molecule has 0 radical (unpaired) electrons. The second kappa shape index (κ2) is 6.80. The minimum absolute atomic E-state index is 0.0367. The lowest BCUT2D eigenvalue weighted by atomic mass is 10.0. The molecule has 0 unspecified atom stereocenters. The normalized spacial score (nSPS) is 21.4. The predicted molar refractivity (Wildman–Crippen MR) is 89.1 cm³/mol. The Hall–Kier alpha value is -1.38. The van der Waals surface area contributed by atoms with Gasteiger partial charge in [-0.25, -0.2) is 0 Å². The number of carbonyl (C=O) groups excluding carboxylic acids is 1. The summed E-state index contributed by atoms with van der Waals surface area (Å²) in [6.07, 6.45) is 6.22. The third-order valence-corrected chi connectivity index (χ3v) is 5.89. The fourth-order valence-electron chi connectivity index (χ4n) is 3.55. The van der Waals surface area contributed by atoms with E-state index in [0.29, 0.717) is 12.0 Å². The Kier molecular flexibility index (Phi) is 4.80. The molecule has 118 valence electrons. The average molecular weight is 317 g/mol. The summed E-state index contributed by atoms with van der Waals surface area (Å²) in [5.74, 6) is 0.775. The fourth-order valence-corrected chi connectivity index (χ4v) is 4.81. The second-order valence-electron chi connectivity index (χ2n) is 6.52. The second-order valence-corrected chi connectivity index (χ2v) is 7.62. The zero-order chi connectivity index (χ0) is 15.5. The number of thiophene rings is 1. The van der Waals surface area contributed by atoms with Gasteiger partial charge in [-0.15, -0.1) is 11.3 Å². The van der Waals surface area contributed by atoms with Crippen molar-refractivity contribution < 1.29 is 4.79 Å². The molecule has 1 fully saturated rings. The van der Waals surface area contributed by atoms with Gasteiger partial charge in [-0.2, -0.15) is 5.26 Å². The van der Waals surface area contributed by atoms with Gasteiger partial charge < -0.3 is 10.2 Å². The highest BCUT2D eigenvalue weighted by Crippen LogP contribution is 2.38. The molecule has 4 nitrogen and oxygen atoms in total. The number of likely N-dealkylation sites (tertiary alicyclic amines) is 1. The number of rotatable bonds is 4. The van der Waals surface area contributed by atoms with Gasteiger partial charge in [0.25, 0.3) is 0 Å². The molecule has 0 saturated carbocycles. The van der Waals surface area contributed by atoms with E-state index in [-0.39, 0.29) is 5.91 Å². The summed E-state index contributed by atoms with van der Waals surface area (Å²) in [6.45, 7) is 5.31. The van der Waals surface area contributed by atoms with Gasteiger partial charge in [0.2, 0.25) is 5.91 Å². The molecule has 0 spiro atoms. The lowest BCUT2D eigenvalue weighted by Crippen LogP contribution is -2.36. The number of nitrogens with one attached hydrogen (secondary N) is 1. The van der Waals surface area contributed by atoms with Crippen LogP contribution in [0.4, 0.5) is 5.00 Å². The molecule has 1 aromatic heterocycles. The first kappa shape index (κ1) is 15.5. The average Bonchev–Trinajstić information content (AvgIpc) is 3.05. The smallest absolute Gasteiger partial charge is 0.226 e. The summed E-state index contributed by atoms with van der Waals surface area (Å²) >= 11 is 1.60. The predicted octanol–water partition coefficient (Wildman–Crippen LogP) is 3.17. The number of piperidine rings is 1. The summed E-state index contributed by atoms with van der Waals surface area (Å²) in [5, 5.41) is 13.1. The number of carbonyl (C=O) groups is 1. The highest BCUT2D eigenvalue weighted by Gasteiger charge is 2.23. The Bertz CT molecular complexity index is 602. The van der Waals surface area contributed by atoms with Crippen molar-refractivity contribution in [3.63, 3.8) is 0 Å². The van der Waals surface area contributed by atoms with Crippen molar-refractivity contribution in [1.29, 1.82) is 5.26 Å². The molecule has 1 aliphatic heterocycles. The Morgan fingerprint density at radius 1 is 1.45 bits per heavy atom. The number of hydrogen-bond acceptors (Lipinski definition) is 4. The maximum atomic E-state index is 12.2. The maximum absolute atomic E-state index is 12.2. The van der Waals surface area contributed by atoms with Crippen LogP contribution >= 0.6 is 11.3 Å². The number of amides is 1. The first-order chi connectivity index (χ1) is 10.7. The van der Waals surface area contributed by atoms with Gasteiger partial charge in [-0.1, -0.05) is 6.92 Å². The third kappa shape index (κ3) is 3.34. The van der Waals surface area contributed by atoms with Gasteiger partial charge in [-0.05, 0) is 50.1 Å². The van der Waals surface area contributed by atoms with Crippen LogP contribution in [-0.4, -0.2) is 30.4 Å². The molecular weight excluding hydrogens is 294 g/mol. The molecule has 1 atom stereocenters. The van der Waals surface area contributed by atoms with Crippen LogP contribution in [-0.2, 0) is 17.6 Å². The largest absolute Gasteiger partial charge is 0.317 e. The number of fused-ring (bicyclic) bond motifs is 1. The van der Waals surface area contributed by atoms with Gasteiger partial charge in [-0.3, -0.25) is 4.79 Å². The van der Waals surface area contributed by atoms with Crippen molar-refractivity contribution in [2.24, 2.45) is 5.92 Å². The zero-order valence-electron chi connectivity index (χ0n) is 13.2. The number of nitriles is 1. The minimum atomic E-state index is 0.0367. The molecule has 3 rings (SSSR count). The SMILES string of the molecule is C[C@H]1CCCN(CCC(=O)Nc2sc3c(c2C#N)CCC3)C1. The van der Waals surface area contributed by atoms with E-state index in [1.807, 2.05) is 0 Å². The van der Waals surface area contributed by atoms with Crippen LogP contribution in [0.25, 0.3) is 0 Å². The number of nitrogens with zero attached hydrogens (tertiary/aromatic N) is 2. The van der Waals surface area contributed by atoms with Crippen molar-refractivity contribution in [2.75, 3.05) is 25.0 Å². The standard InChI is InChI=1S/C17H23N3OS/c1-12-4-3-8-20(11-12)9-7-16(21)19-17-14(10-18)13-5-2-6-15(13)22-17/h12H,2-9,11H2,1H3,(H,19,21)/t12-/m0/s1. The molecule has 1 N–H and O–H groups in total. The van der Waals surface area contributed by atoms with Crippen LogP contribution in [0, 0.1) is 17.2 Å². The molecule has 0 bridgehead atoms. The highest BCUT2D eigenvalue weighted by atomic mass is 32.1. The van der Waals surface area contributed by atoms with Crippen molar-refractivity contribution in [3.05, 3.63) is 16.0 Å². The van der Waals surface area contributed by atoms with E-state index < -0.39 is 0 Å². The van der Waals surface area contributed by atoms with Crippen LogP contribution in [0.1, 0.15) is 48.6 Å². The summed E-state index contributed by atoms with van der Waals surface area (Å²) in [4.78, 5) is 15.9. The van der Waals surface area contributed by atoms with E-state index in [9.17, 15) is 10.1 Å². The lowest BCUT2D eigenvalue weighted by Gasteiger charge is -2.30. The summed E-state index contributed by atoms with van der Waals surface area (Å²) in [7, 11) is 0. The van der Waals surface area contributed by atoms with Crippen LogP contribution < -0.4 is 5.32 Å². The summed E-state index contributed by atoms with van der Waals surface area (Å²) in [6, 6.07) is 2.28. The molecule has 1 amide bonds. The minimum Gasteiger partial charge on any atom is -0.317 e. The molecule has 2 heterocycles. The van der Waals surface area contributed by atoms with Crippen LogP contribution in [0.15, 0.2) is 0 Å². The van der Waals surface area contributed by atoms with E-state index in [0.717, 1.165) is 49.8 Å². The van der Waals surface area contributed by atoms with Gasteiger partial charge in [0.05, 0.1) is 5.56 Å². The van der Waals surface area contributed by atoms with Crippen LogP contribution in [0.5, 0.6) is 0 Å². The van der Waals surface area contributed by atoms with Crippen LogP contribution in [0.3, 0.4) is 0 Å². The zero-order valence-corrected chi connectivity index (χ0v) is 14.0. The van der Waals surface area contributed by atoms with E-state index in [1.54, 1.807) is 11.3 Å². The van der Waals surface area contributed by atoms with Crippen molar-refractivity contribution in [3.8, 4) is 6.07 Å². The first-order valence-electron chi connectivity index (χ1n) is 8.24. The topological polar surface area (TPSA) is 56.1 Å². The van der Waals surface area contributed by atoms with Gasteiger partial charge in [0.15, 0.2) is 0 Å². The first-order valence-corrected chi connectivity index (χ1v) is 9.06. The van der Waals surface area contributed by atoms with Crippen LogP contribution in [0.2, 0.25) is 0 Å². The molecule has 1 aliphatic carbocycles. The Balaban J connectivity index is 1.55. The Morgan fingerprint density at radius 3 is 3.09 bits per heavy atom. The molecular formula is C17H23N3OS. The molecule has 5 heteroatoms. The molecule has 1 saturated heterocycles. The number of anilines is 1. The molecule has 2 aliphatic rings. The van der Waals surface area contributed by atoms with E-state index >= 15 is 0 Å². The van der Waals surface area contributed by atoms with Gasteiger partial charge in [0.1, 0.15) is 11.1 Å². The molecule has 0 aromatic carbocycles. The monoisotopic (exact) mass is 317 g/mol. The van der Waals surface area contributed by atoms with E-state index in [4.69, 9.17) is 0 Å². The quantitative estimate of drug-likeness (QED) is 0.928. The Morgan fingerprint density at radius 2 is 2.32 bits per heavy atom. The lowest BCUT2D eigenvalue weighted by molar-refractivity contribution is -0.116. The summed E-state index contributed by atoms with van der Waals surface area (Å²) < 4.78 is 0. The van der Waals surface area contributed by atoms with Crippen molar-refractivity contribution in [1.82, 2.24) is 4.90 Å². The maximum Gasteiger partial charge on any atom is 0.226 e. The van der Waals surface area contributed by atoms with Gasteiger partial charge >= 0.3 is 0 Å². The third-order valence-electron chi connectivity index (χ3n) is 4.68. The van der Waals surface area contributed by atoms with E-state index in [1.165, 1.54) is 23.3 Å². The number of hydrogen-bond donors (Lipinski definition) is 1. The highest BCUT2D eigenvalue weighted by molar-refractivity contribution is 7.16. The number of aryl methyl sites for hydroxylation is 1.